The first-order valence-electron chi connectivity index (χ1n) is 6.93. The summed E-state index contributed by atoms with van der Waals surface area (Å²) in [6.45, 7) is 7.01. The molecular formula is C15H22N2O4. The molecule has 0 fully saturated rings. The molecule has 0 aliphatic rings. The fourth-order valence-corrected chi connectivity index (χ4v) is 1.78. The summed E-state index contributed by atoms with van der Waals surface area (Å²) in [5.74, 6) is -0.174. The number of hydrogen-bond acceptors (Lipinski definition) is 3. The number of rotatable bonds is 7. The van der Waals surface area contributed by atoms with Crippen LogP contribution in [0.25, 0.3) is 0 Å². The normalized spacial score (nSPS) is 10.3. The molecule has 0 spiro atoms. The summed E-state index contributed by atoms with van der Waals surface area (Å²) in [6, 6.07) is 6.45. The summed E-state index contributed by atoms with van der Waals surface area (Å²) in [6.07, 6.45) is 0. The molecule has 6 nitrogen and oxygen atoms in total. The summed E-state index contributed by atoms with van der Waals surface area (Å²) in [7, 11) is 0. The van der Waals surface area contributed by atoms with Crippen LogP contribution in [0.3, 0.4) is 0 Å². The number of anilines is 1. The van der Waals surface area contributed by atoms with E-state index in [-0.39, 0.29) is 12.6 Å². The van der Waals surface area contributed by atoms with Crippen LogP contribution in [-0.4, -0.2) is 41.7 Å². The standard InChI is InChI=1S/C15H22N2O4/c1-4-17(9-11(2)3)15(20)16-12-5-7-13(8-6-12)21-10-14(18)19/h5-8,11H,4,9-10H2,1-3H3,(H,16,20)(H,18,19). The predicted octanol–water partition coefficient (Wildman–Crippen LogP) is 2.66. The number of carbonyl (C=O) groups is 2. The van der Waals surface area contributed by atoms with E-state index in [1.165, 1.54) is 0 Å². The molecule has 2 amide bonds. The number of carboxylic acid groups (broad SMARTS) is 1. The molecule has 1 aromatic rings. The number of carboxylic acids is 1. The maximum atomic E-state index is 12.1. The van der Waals surface area contributed by atoms with Crippen LogP contribution in [0.5, 0.6) is 5.75 Å². The van der Waals surface area contributed by atoms with Gasteiger partial charge < -0.3 is 20.1 Å². The Bertz CT molecular complexity index is 471. The molecule has 0 saturated heterocycles. The van der Waals surface area contributed by atoms with Crippen LogP contribution >= 0.6 is 0 Å². The lowest BCUT2D eigenvalue weighted by molar-refractivity contribution is -0.139. The van der Waals surface area contributed by atoms with Crippen molar-refractivity contribution in [3.8, 4) is 5.75 Å². The Balaban J connectivity index is 2.58. The number of ether oxygens (including phenoxy) is 1. The Kier molecular flexibility index (Phi) is 6.52. The second kappa shape index (κ2) is 8.14. The van der Waals surface area contributed by atoms with Gasteiger partial charge in [0.05, 0.1) is 0 Å². The first-order valence-corrected chi connectivity index (χ1v) is 6.93. The molecular weight excluding hydrogens is 272 g/mol. The van der Waals surface area contributed by atoms with Gasteiger partial charge in [0.1, 0.15) is 5.75 Å². The first-order chi connectivity index (χ1) is 9.92. The summed E-state index contributed by atoms with van der Waals surface area (Å²) < 4.78 is 5.03. The third kappa shape index (κ3) is 6.16. The Morgan fingerprint density at radius 1 is 1.29 bits per heavy atom. The van der Waals surface area contributed by atoms with Gasteiger partial charge >= 0.3 is 12.0 Å². The number of carbonyl (C=O) groups excluding carboxylic acids is 1. The largest absolute Gasteiger partial charge is 0.482 e. The number of urea groups is 1. The second-order valence-corrected chi connectivity index (χ2v) is 5.07. The van der Waals surface area contributed by atoms with Crippen molar-refractivity contribution in [2.24, 2.45) is 5.92 Å². The highest BCUT2D eigenvalue weighted by Crippen LogP contribution is 2.16. The lowest BCUT2D eigenvalue weighted by Crippen LogP contribution is -2.37. The molecule has 0 unspecified atom stereocenters. The number of aliphatic carboxylic acids is 1. The Hall–Kier alpha value is -2.24. The molecule has 0 aliphatic carbocycles. The van der Waals surface area contributed by atoms with E-state index in [2.05, 4.69) is 19.2 Å². The van der Waals surface area contributed by atoms with E-state index in [0.717, 1.165) is 0 Å². The van der Waals surface area contributed by atoms with Crippen LogP contribution in [0.4, 0.5) is 10.5 Å². The topological polar surface area (TPSA) is 78.9 Å². The van der Waals surface area contributed by atoms with E-state index < -0.39 is 5.97 Å². The Morgan fingerprint density at radius 3 is 2.38 bits per heavy atom. The number of benzene rings is 1. The smallest absolute Gasteiger partial charge is 0.341 e. The van der Waals surface area contributed by atoms with Gasteiger partial charge in [0, 0.05) is 18.8 Å². The maximum Gasteiger partial charge on any atom is 0.341 e. The van der Waals surface area contributed by atoms with E-state index in [9.17, 15) is 9.59 Å². The summed E-state index contributed by atoms with van der Waals surface area (Å²) >= 11 is 0. The molecule has 0 saturated carbocycles. The predicted molar refractivity (Wildman–Crippen MR) is 80.7 cm³/mol. The molecule has 116 valence electrons. The average molecular weight is 294 g/mol. The van der Waals surface area contributed by atoms with Crippen molar-refractivity contribution >= 4 is 17.7 Å². The number of nitrogens with zero attached hydrogens (tertiary/aromatic N) is 1. The van der Waals surface area contributed by atoms with E-state index >= 15 is 0 Å². The molecule has 0 aliphatic heterocycles. The van der Waals surface area contributed by atoms with Crippen LogP contribution in [0.15, 0.2) is 24.3 Å². The lowest BCUT2D eigenvalue weighted by Gasteiger charge is -2.23. The van der Waals surface area contributed by atoms with Gasteiger partial charge in [-0.05, 0) is 37.1 Å². The molecule has 0 bridgehead atoms. The Labute approximate surface area is 124 Å². The van der Waals surface area contributed by atoms with E-state index in [0.29, 0.717) is 30.4 Å². The van der Waals surface area contributed by atoms with Gasteiger partial charge in [0.15, 0.2) is 6.61 Å². The van der Waals surface area contributed by atoms with Crippen molar-refractivity contribution in [3.63, 3.8) is 0 Å². The molecule has 1 rings (SSSR count). The van der Waals surface area contributed by atoms with Crippen molar-refractivity contribution in [1.29, 1.82) is 0 Å². The SMILES string of the molecule is CCN(CC(C)C)C(=O)Nc1ccc(OCC(=O)O)cc1. The third-order valence-corrected chi connectivity index (χ3v) is 2.72. The highest BCUT2D eigenvalue weighted by Gasteiger charge is 2.13. The Morgan fingerprint density at radius 2 is 1.90 bits per heavy atom. The highest BCUT2D eigenvalue weighted by atomic mass is 16.5. The van der Waals surface area contributed by atoms with Crippen LogP contribution in [0.1, 0.15) is 20.8 Å². The molecule has 6 heteroatoms. The van der Waals surface area contributed by atoms with Gasteiger partial charge in [-0.15, -0.1) is 0 Å². The van der Waals surface area contributed by atoms with Crippen LogP contribution in [0.2, 0.25) is 0 Å². The molecule has 1 aromatic carbocycles. The van der Waals surface area contributed by atoms with Gasteiger partial charge in [-0.2, -0.15) is 0 Å². The van der Waals surface area contributed by atoms with Crippen molar-refractivity contribution in [1.82, 2.24) is 4.90 Å². The van der Waals surface area contributed by atoms with Crippen LogP contribution in [-0.2, 0) is 4.79 Å². The number of amides is 2. The minimum atomic E-state index is -1.03. The van der Waals surface area contributed by atoms with Crippen molar-refractivity contribution in [3.05, 3.63) is 24.3 Å². The summed E-state index contributed by atoms with van der Waals surface area (Å²) in [5, 5.41) is 11.3. The second-order valence-electron chi connectivity index (χ2n) is 5.07. The molecule has 0 heterocycles. The zero-order valence-corrected chi connectivity index (χ0v) is 12.6. The average Bonchev–Trinajstić information content (AvgIpc) is 2.43. The van der Waals surface area contributed by atoms with E-state index in [1.54, 1.807) is 29.2 Å². The lowest BCUT2D eigenvalue weighted by atomic mass is 10.2. The quantitative estimate of drug-likeness (QED) is 0.810. The number of nitrogens with one attached hydrogen (secondary N) is 1. The molecule has 0 aromatic heterocycles. The fourth-order valence-electron chi connectivity index (χ4n) is 1.78. The van der Waals surface area contributed by atoms with Gasteiger partial charge in [-0.1, -0.05) is 13.8 Å². The van der Waals surface area contributed by atoms with Gasteiger partial charge in [-0.3, -0.25) is 0 Å². The van der Waals surface area contributed by atoms with Gasteiger partial charge in [0.2, 0.25) is 0 Å². The molecule has 0 radical (unpaired) electrons. The molecule has 0 atom stereocenters. The van der Waals surface area contributed by atoms with Crippen molar-refractivity contribution < 1.29 is 19.4 Å². The van der Waals surface area contributed by atoms with E-state index in [1.807, 2.05) is 6.92 Å². The minimum absolute atomic E-state index is 0.148. The highest BCUT2D eigenvalue weighted by molar-refractivity contribution is 5.89. The van der Waals surface area contributed by atoms with Crippen LogP contribution in [0, 0.1) is 5.92 Å². The van der Waals surface area contributed by atoms with Gasteiger partial charge in [-0.25, -0.2) is 9.59 Å². The van der Waals surface area contributed by atoms with Gasteiger partial charge in [0.25, 0.3) is 0 Å². The van der Waals surface area contributed by atoms with Crippen LogP contribution < -0.4 is 10.1 Å². The summed E-state index contributed by atoms with van der Waals surface area (Å²) in [4.78, 5) is 24.2. The summed E-state index contributed by atoms with van der Waals surface area (Å²) in [5.41, 5.74) is 0.643. The number of hydrogen-bond donors (Lipinski definition) is 2. The molecule has 2 N–H and O–H groups in total. The van der Waals surface area contributed by atoms with Crippen molar-refractivity contribution in [2.45, 2.75) is 20.8 Å². The maximum absolute atomic E-state index is 12.1. The van der Waals surface area contributed by atoms with Crippen molar-refractivity contribution in [2.75, 3.05) is 25.0 Å². The molecule has 21 heavy (non-hydrogen) atoms. The van der Waals surface area contributed by atoms with E-state index in [4.69, 9.17) is 9.84 Å². The zero-order chi connectivity index (χ0) is 15.8. The fraction of sp³-hybridized carbons (Fsp3) is 0.467. The first kappa shape index (κ1) is 16.8. The minimum Gasteiger partial charge on any atom is -0.482 e. The third-order valence-electron chi connectivity index (χ3n) is 2.72. The zero-order valence-electron chi connectivity index (χ0n) is 12.6. The monoisotopic (exact) mass is 294 g/mol.